The van der Waals surface area contributed by atoms with E-state index in [0.29, 0.717) is 11.8 Å². The average Bonchev–Trinajstić information content (AvgIpc) is 2.83. The molecule has 2 aromatic rings. The van der Waals surface area contributed by atoms with Gasteiger partial charge in [0, 0.05) is 60.1 Å². The zero-order chi connectivity index (χ0) is 24.9. The number of aryl methyl sites for hydroxylation is 1. The van der Waals surface area contributed by atoms with Crippen LogP contribution in [0, 0.1) is 11.8 Å². The average molecular weight is 468 g/mol. The molecule has 2 aliphatic carbocycles. The molecule has 1 saturated heterocycles. The second kappa shape index (κ2) is 8.91. The minimum Gasteiger partial charge on any atom is -0.404 e. The number of carbonyl (C=O) groups is 1. The second-order valence-corrected chi connectivity index (χ2v) is 11.0. The lowest BCUT2D eigenvalue weighted by Crippen LogP contribution is -2.43. The molecule has 3 aliphatic rings. The van der Waals surface area contributed by atoms with Gasteiger partial charge in [-0.05, 0) is 63.8 Å². The molecule has 4 heteroatoms. The molecule has 0 amide bonds. The Balaban J connectivity index is 1.65. The first-order valence-corrected chi connectivity index (χ1v) is 13.0. The predicted molar refractivity (Wildman–Crippen MR) is 146 cm³/mol. The summed E-state index contributed by atoms with van der Waals surface area (Å²) >= 11 is 0. The number of fused-ring (bicyclic) bond motifs is 3. The van der Waals surface area contributed by atoms with E-state index >= 15 is 0 Å². The van der Waals surface area contributed by atoms with Gasteiger partial charge in [-0.2, -0.15) is 0 Å². The summed E-state index contributed by atoms with van der Waals surface area (Å²) in [6.07, 6.45) is 4.40. The maximum absolute atomic E-state index is 14.1. The lowest BCUT2D eigenvalue weighted by molar-refractivity contribution is 0.104. The number of nitrogens with two attached hydrogens (primary N) is 1. The lowest BCUT2D eigenvalue weighted by atomic mass is 9.58. The number of carbonyl (C=O) groups excluding carboxylic acids is 1. The van der Waals surface area contributed by atoms with Crippen molar-refractivity contribution < 1.29 is 4.79 Å². The van der Waals surface area contributed by atoms with Crippen LogP contribution in [-0.4, -0.2) is 31.6 Å². The molecule has 182 valence electrons. The van der Waals surface area contributed by atoms with Gasteiger partial charge in [0.1, 0.15) is 0 Å². The van der Waals surface area contributed by atoms with E-state index in [1.807, 2.05) is 6.21 Å². The third-order valence-electron chi connectivity index (χ3n) is 8.59. The normalized spacial score (nSPS) is 23.7. The molecule has 0 bridgehead atoms. The van der Waals surface area contributed by atoms with Crippen molar-refractivity contribution in [2.45, 2.75) is 52.4 Å². The molecular formula is C31H37N3O. The summed E-state index contributed by atoms with van der Waals surface area (Å²) < 4.78 is 0. The Morgan fingerprint density at radius 1 is 1.14 bits per heavy atom. The Labute approximate surface area is 209 Å². The van der Waals surface area contributed by atoms with Crippen molar-refractivity contribution in [3.8, 4) is 0 Å². The van der Waals surface area contributed by atoms with E-state index < -0.39 is 0 Å². The van der Waals surface area contributed by atoms with Gasteiger partial charge in [0.25, 0.3) is 0 Å². The number of nitrogens with zero attached hydrogens (tertiary/aromatic N) is 1. The SMILES string of the molecule is CCc1cc2c(cc1/C(C=NCC1CNC1)=C/N)C(C)(C)C1=C(C2=O)c2ccccc2C(C)C1C. The fourth-order valence-corrected chi connectivity index (χ4v) is 6.31. The number of hydrogen-bond donors (Lipinski definition) is 2. The predicted octanol–water partition coefficient (Wildman–Crippen LogP) is 5.52. The summed E-state index contributed by atoms with van der Waals surface area (Å²) in [6, 6.07) is 12.8. The first-order valence-electron chi connectivity index (χ1n) is 13.0. The fraction of sp³-hybridized carbons (Fsp3) is 0.419. The molecule has 3 N–H and O–H groups in total. The van der Waals surface area contributed by atoms with Crippen LogP contribution in [-0.2, 0) is 11.8 Å². The van der Waals surface area contributed by atoms with Crippen molar-refractivity contribution >= 4 is 23.1 Å². The Hall–Kier alpha value is -2.98. The monoisotopic (exact) mass is 467 g/mol. The molecular weight excluding hydrogens is 430 g/mol. The van der Waals surface area contributed by atoms with Crippen molar-refractivity contribution in [3.05, 3.63) is 81.6 Å². The number of rotatable bonds is 5. The van der Waals surface area contributed by atoms with E-state index in [4.69, 9.17) is 10.7 Å². The minimum atomic E-state index is -0.269. The van der Waals surface area contributed by atoms with Gasteiger partial charge in [-0.15, -0.1) is 0 Å². The molecule has 5 rings (SSSR count). The van der Waals surface area contributed by atoms with Crippen LogP contribution in [0.25, 0.3) is 11.1 Å². The standard InChI is InChI=1S/C31H37N3O/c1-6-21-11-26-27(12-25(21)22(13-32)17-34-16-20-14-33-15-20)31(4,5)29-19(3)18(2)23-9-7-8-10-24(23)28(29)30(26)35/h7-13,17-20,33H,6,14-16,32H2,1-5H3/b22-13+,34-17?. The molecule has 2 unspecified atom stereocenters. The minimum absolute atomic E-state index is 0.159. The lowest BCUT2D eigenvalue weighted by Gasteiger charge is -2.45. The topological polar surface area (TPSA) is 67.5 Å². The van der Waals surface area contributed by atoms with E-state index in [2.05, 4.69) is 76.3 Å². The molecule has 0 radical (unpaired) electrons. The van der Waals surface area contributed by atoms with Crippen LogP contribution < -0.4 is 11.1 Å². The van der Waals surface area contributed by atoms with Gasteiger partial charge in [0.05, 0.1) is 0 Å². The number of hydrogen-bond acceptors (Lipinski definition) is 4. The highest BCUT2D eigenvalue weighted by atomic mass is 16.1. The number of nitrogens with one attached hydrogen (secondary N) is 1. The number of ketones is 1. The van der Waals surface area contributed by atoms with Crippen LogP contribution in [0.1, 0.15) is 78.7 Å². The van der Waals surface area contributed by atoms with Crippen LogP contribution in [0.5, 0.6) is 0 Å². The highest BCUT2D eigenvalue weighted by Gasteiger charge is 2.46. The Morgan fingerprint density at radius 2 is 1.89 bits per heavy atom. The zero-order valence-corrected chi connectivity index (χ0v) is 21.6. The third kappa shape index (κ3) is 3.70. The third-order valence-corrected chi connectivity index (χ3v) is 8.59. The van der Waals surface area contributed by atoms with Gasteiger partial charge in [-0.25, -0.2) is 0 Å². The first-order chi connectivity index (χ1) is 16.8. The van der Waals surface area contributed by atoms with Crippen LogP contribution in [0.2, 0.25) is 0 Å². The van der Waals surface area contributed by atoms with Gasteiger partial charge < -0.3 is 11.1 Å². The maximum Gasteiger partial charge on any atom is 0.193 e. The highest BCUT2D eigenvalue weighted by Crippen LogP contribution is 2.54. The van der Waals surface area contributed by atoms with E-state index in [0.717, 1.165) is 65.0 Å². The Kier molecular flexibility index (Phi) is 6.04. The fourth-order valence-electron chi connectivity index (χ4n) is 6.31. The zero-order valence-electron chi connectivity index (χ0n) is 21.6. The van der Waals surface area contributed by atoms with Crippen LogP contribution in [0.15, 0.2) is 53.2 Å². The molecule has 4 nitrogen and oxygen atoms in total. The van der Waals surface area contributed by atoms with Gasteiger partial charge in [-0.3, -0.25) is 9.79 Å². The summed E-state index contributed by atoms with van der Waals surface area (Å²) in [7, 11) is 0. The van der Waals surface area contributed by atoms with Crippen LogP contribution >= 0.6 is 0 Å². The second-order valence-electron chi connectivity index (χ2n) is 11.0. The molecule has 2 atom stereocenters. The summed E-state index contributed by atoms with van der Waals surface area (Å²) in [4.78, 5) is 18.8. The summed E-state index contributed by atoms with van der Waals surface area (Å²) in [5.41, 5.74) is 15.5. The number of aliphatic imine (C=N–C) groups is 1. The van der Waals surface area contributed by atoms with Crippen molar-refractivity contribution in [2.75, 3.05) is 19.6 Å². The molecule has 0 aromatic heterocycles. The first kappa shape index (κ1) is 23.7. The summed E-state index contributed by atoms with van der Waals surface area (Å²) in [6.45, 7) is 14.2. The molecule has 1 aliphatic heterocycles. The summed E-state index contributed by atoms with van der Waals surface area (Å²) in [5.74, 6) is 1.41. The van der Waals surface area contributed by atoms with Gasteiger partial charge in [0.15, 0.2) is 5.78 Å². The van der Waals surface area contributed by atoms with Crippen molar-refractivity contribution in [1.29, 1.82) is 0 Å². The molecule has 1 fully saturated rings. The molecule has 35 heavy (non-hydrogen) atoms. The van der Waals surface area contributed by atoms with Crippen molar-refractivity contribution in [3.63, 3.8) is 0 Å². The van der Waals surface area contributed by atoms with E-state index in [-0.39, 0.29) is 17.1 Å². The van der Waals surface area contributed by atoms with E-state index in [1.54, 1.807) is 6.20 Å². The van der Waals surface area contributed by atoms with Gasteiger partial charge in [0.2, 0.25) is 0 Å². The number of allylic oxidation sites excluding steroid dienone is 3. The maximum atomic E-state index is 14.1. The van der Waals surface area contributed by atoms with Crippen molar-refractivity contribution in [1.82, 2.24) is 5.32 Å². The number of benzene rings is 2. The van der Waals surface area contributed by atoms with Crippen molar-refractivity contribution in [2.24, 2.45) is 22.6 Å². The van der Waals surface area contributed by atoms with Crippen LogP contribution in [0.4, 0.5) is 0 Å². The highest BCUT2D eigenvalue weighted by molar-refractivity contribution is 6.32. The largest absolute Gasteiger partial charge is 0.404 e. The quantitative estimate of drug-likeness (QED) is 0.569. The number of Topliss-reactive ketones (excluding diaryl/α,β-unsaturated/α-hetero) is 1. The molecule has 2 aromatic carbocycles. The molecule has 1 heterocycles. The Bertz CT molecular complexity index is 1280. The smallest absolute Gasteiger partial charge is 0.193 e. The van der Waals surface area contributed by atoms with E-state index in [1.165, 1.54) is 11.1 Å². The molecule has 0 saturated carbocycles. The van der Waals surface area contributed by atoms with Gasteiger partial charge in [-0.1, -0.05) is 58.9 Å². The van der Waals surface area contributed by atoms with E-state index in [9.17, 15) is 4.79 Å². The van der Waals surface area contributed by atoms with Crippen LogP contribution in [0.3, 0.4) is 0 Å². The summed E-state index contributed by atoms with van der Waals surface area (Å²) in [5, 5.41) is 3.30. The molecule has 0 spiro atoms. The van der Waals surface area contributed by atoms with Gasteiger partial charge >= 0.3 is 0 Å². The Morgan fingerprint density at radius 3 is 2.54 bits per heavy atom.